The molecule has 0 radical (unpaired) electrons. The smallest absolute Gasteiger partial charge is 0.265 e. The maximum Gasteiger partial charge on any atom is 0.265 e. The Bertz CT molecular complexity index is 720. The molecule has 1 aromatic carbocycles. The number of carbonyl (C=O) groups excluding carboxylic acids is 1. The summed E-state index contributed by atoms with van der Waals surface area (Å²) < 4.78 is 13.3. The van der Waals surface area contributed by atoms with Gasteiger partial charge in [-0.3, -0.25) is 4.79 Å². The Kier molecular flexibility index (Phi) is 4.73. The van der Waals surface area contributed by atoms with Gasteiger partial charge in [-0.25, -0.2) is 4.39 Å². The zero-order valence-electron chi connectivity index (χ0n) is 11.7. The third-order valence-corrected chi connectivity index (χ3v) is 3.87. The number of benzene rings is 1. The van der Waals surface area contributed by atoms with E-state index in [1.54, 1.807) is 19.1 Å². The molecule has 2 rings (SSSR count). The van der Waals surface area contributed by atoms with Crippen LogP contribution in [0.25, 0.3) is 0 Å². The van der Waals surface area contributed by atoms with E-state index in [4.69, 9.17) is 5.11 Å². The summed E-state index contributed by atoms with van der Waals surface area (Å²) in [4.78, 5) is 13.4. The summed E-state index contributed by atoms with van der Waals surface area (Å²) in [6, 6.07) is 6.10. The van der Waals surface area contributed by atoms with E-state index < -0.39 is 0 Å². The van der Waals surface area contributed by atoms with Crippen molar-refractivity contribution < 1.29 is 14.3 Å². The molecule has 1 heterocycles. The number of halogens is 1. The van der Waals surface area contributed by atoms with Crippen molar-refractivity contribution >= 4 is 22.9 Å². The second-order valence-corrected chi connectivity index (χ2v) is 5.61. The third-order valence-electron chi connectivity index (χ3n) is 2.72. The molecule has 0 saturated heterocycles. The number of aliphatic hydroxyl groups is 1. The maximum absolute atomic E-state index is 13.3. The van der Waals surface area contributed by atoms with Gasteiger partial charge in [0, 0.05) is 5.69 Å². The molecular weight excluding hydrogens is 289 g/mol. The van der Waals surface area contributed by atoms with Crippen molar-refractivity contribution in [3.05, 3.63) is 51.0 Å². The second kappa shape index (κ2) is 6.53. The summed E-state index contributed by atoms with van der Waals surface area (Å²) in [7, 11) is 0. The van der Waals surface area contributed by atoms with Crippen LogP contribution in [0.3, 0.4) is 0 Å². The van der Waals surface area contributed by atoms with Crippen LogP contribution in [0, 0.1) is 31.5 Å². The van der Waals surface area contributed by atoms with Gasteiger partial charge in [-0.05, 0) is 49.2 Å². The van der Waals surface area contributed by atoms with E-state index in [-0.39, 0.29) is 18.3 Å². The predicted molar refractivity (Wildman–Crippen MR) is 82.1 cm³/mol. The van der Waals surface area contributed by atoms with E-state index in [2.05, 4.69) is 17.2 Å². The lowest BCUT2D eigenvalue weighted by molar-refractivity contribution is 0.103. The zero-order chi connectivity index (χ0) is 15.4. The zero-order valence-corrected chi connectivity index (χ0v) is 12.5. The molecule has 1 aromatic heterocycles. The summed E-state index contributed by atoms with van der Waals surface area (Å²) in [5, 5.41) is 11.4. The molecule has 3 nitrogen and oxygen atoms in total. The number of hydrogen-bond donors (Lipinski definition) is 2. The Morgan fingerprint density at radius 1 is 1.33 bits per heavy atom. The lowest BCUT2D eigenvalue weighted by atomic mass is 10.2. The van der Waals surface area contributed by atoms with Gasteiger partial charge >= 0.3 is 0 Å². The molecule has 0 spiro atoms. The van der Waals surface area contributed by atoms with Crippen LogP contribution in [0.5, 0.6) is 0 Å². The van der Waals surface area contributed by atoms with Crippen molar-refractivity contribution in [1.82, 2.24) is 0 Å². The van der Waals surface area contributed by atoms with E-state index in [0.29, 0.717) is 10.6 Å². The van der Waals surface area contributed by atoms with Crippen LogP contribution >= 0.6 is 11.3 Å². The fraction of sp³-hybridized carbons (Fsp3) is 0.188. The van der Waals surface area contributed by atoms with Crippen molar-refractivity contribution in [2.24, 2.45) is 0 Å². The quantitative estimate of drug-likeness (QED) is 0.838. The van der Waals surface area contributed by atoms with Crippen LogP contribution in [0.4, 0.5) is 10.1 Å². The SMILES string of the molecule is Cc1cc(F)cc(NC(=O)c2cc(C)c(C#CCO)s2)c1. The van der Waals surface area contributed by atoms with Crippen LogP contribution in [0.2, 0.25) is 0 Å². The Morgan fingerprint density at radius 2 is 2.10 bits per heavy atom. The number of aryl methyl sites for hydroxylation is 2. The summed E-state index contributed by atoms with van der Waals surface area (Å²) in [6.45, 7) is 3.39. The van der Waals surface area contributed by atoms with Gasteiger partial charge in [0.05, 0.1) is 9.75 Å². The molecule has 0 aliphatic rings. The van der Waals surface area contributed by atoms with Gasteiger partial charge in [-0.15, -0.1) is 11.3 Å². The van der Waals surface area contributed by atoms with Crippen LogP contribution in [0.1, 0.15) is 25.7 Å². The minimum absolute atomic E-state index is 0.221. The Balaban J connectivity index is 2.20. The lowest BCUT2D eigenvalue weighted by Crippen LogP contribution is -2.10. The molecule has 21 heavy (non-hydrogen) atoms. The molecule has 0 atom stereocenters. The Morgan fingerprint density at radius 3 is 2.76 bits per heavy atom. The average Bonchev–Trinajstić information content (AvgIpc) is 2.76. The topological polar surface area (TPSA) is 49.3 Å². The van der Waals surface area contributed by atoms with Crippen LogP contribution in [-0.4, -0.2) is 17.6 Å². The molecular formula is C16H14FNO2S. The molecule has 0 aliphatic heterocycles. The Labute approximate surface area is 126 Å². The minimum atomic E-state index is -0.387. The number of aliphatic hydroxyl groups excluding tert-OH is 1. The highest BCUT2D eigenvalue weighted by Crippen LogP contribution is 2.22. The van der Waals surface area contributed by atoms with Crippen LogP contribution < -0.4 is 5.32 Å². The van der Waals surface area contributed by atoms with E-state index >= 15 is 0 Å². The molecule has 0 bridgehead atoms. The predicted octanol–water partition coefficient (Wildman–Crippen LogP) is 3.10. The highest BCUT2D eigenvalue weighted by Gasteiger charge is 2.12. The molecule has 0 fully saturated rings. The molecule has 2 aromatic rings. The number of thiophene rings is 1. The third kappa shape index (κ3) is 3.91. The van der Waals surface area contributed by atoms with Crippen LogP contribution in [-0.2, 0) is 0 Å². The van der Waals surface area contributed by atoms with Crippen molar-refractivity contribution in [3.63, 3.8) is 0 Å². The molecule has 2 N–H and O–H groups in total. The molecule has 0 saturated carbocycles. The van der Waals surface area contributed by atoms with Gasteiger partial charge in [0.1, 0.15) is 12.4 Å². The van der Waals surface area contributed by atoms with E-state index in [9.17, 15) is 9.18 Å². The first-order valence-electron chi connectivity index (χ1n) is 6.28. The summed E-state index contributed by atoms with van der Waals surface area (Å²) in [6.07, 6.45) is 0. The first kappa shape index (κ1) is 15.2. The van der Waals surface area contributed by atoms with E-state index in [1.165, 1.54) is 23.5 Å². The Hall–Kier alpha value is -2.16. The van der Waals surface area contributed by atoms with Gasteiger partial charge in [-0.1, -0.05) is 11.8 Å². The maximum atomic E-state index is 13.3. The van der Waals surface area contributed by atoms with E-state index in [0.717, 1.165) is 16.0 Å². The fourth-order valence-corrected chi connectivity index (χ4v) is 2.78. The number of nitrogens with one attached hydrogen (secondary N) is 1. The van der Waals surface area contributed by atoms with Crippen molar-refractivity contribution in [2.45, 2.75) is 13.8 Å². The van der Waals surface area contributed by atoms with Crippen molar-refractivity contribution in [2.75, 3.05) is 11.9 Å². The second-order valence-electron chi connectivity index (χ2n) is 4.55. The van der Waals surface area contributed by atoms with Gasteiger partial charge in [-0.2, -0.15) is 0 Å². The molecule has 5 heteroatoms. The van der Waals surface area contributed by atoms with E-state index in [1.807, 2.05) is 6.92 Å². The minimum Gasteiger partial charge on any atom is -0.384 e. The number of amides is 1. The number of hydrogen-bond acceptors (Lipinski definition) is 3. The van der Waals surface area contributed by atoms with Gasteiger partial charge in [0.2, 0.25) is 0 Å². The first-order chi connectivity index (χ1) is 9.99. The summed E-state index contributed by atoms with van der Waals surface area (Å²) >= 11 is 1.24. The monoisotopic (exact) mass is 303 g/mol. The number of rotatable bonds is 2. The molecule has 1 amide bonds. The van der Waals surface area contributed by atoms with Crippen LogP contribution in [0.15, 0.2) is 24.3 Å². The van der Waals surface area contributed by atoms with Crippen molar-refractivity contribution in [3.8, 4) is 11.8 Å². The lowest BCUT2D eigenvalue weighted by Gasteiger charge is -2.04. The number of anilines is 1. The molecule has 0 aliphatic carbocycles. The first-order valence-corrected chi connectivity index (χ1v) is 7.10. The fourth-order valence-electron chi connectivity index (χ4n) is 1.84. The summed E-state index contributed by atoms with van der Waals surface area (Å²) in [5.41, 5.74) is 2.04. The van der Waals surface area contributed by atoms with Gasteiger partial charge < -0.3 is 10.4 Å². The largest absolute Gasteiger partial charge is 0.384 e. The highest BCUT2D eigenvalue weighted by molar-refractivity contribution is 7.14. The number of carbonyl (C=O) groups is 1. The highest BCUT2D eigenvalue weighted by atomic mass is 32.1. The standard InChI is InChI=1S/C16H14FNO2S/c1-10-6-12(17)9-13(7-10)18-16(20)15-8-11(2)14(21-15)4-3-5-19/h6-9,19H,5H2,1-2H3,(H,18,20). The van der Waals surface area contributed by atoms with Gasteiger partial charge in [0.25, 0.3) is 5.91 Å². The summed E-state index contributed by atoms with van der Waals surface area (Å²) in [5.74, 6) is 4.67. The molecule has 108 valence electrons. The van der Waals surface area contributed by atoms with Crippen molar-refractivity contribution in [1.29, 1.82) is 0 Å². The van der Waals surface area contributed by atoms with Gasteiger partial charge in [0.15, 0.2) is 0 Å². The average molecular weight is 303 g/mol. The normalized spacial score (nSPS) is 9.90. The molecule has 0 unspecified atom stereocenters.